The molecule has 0 unspecified atom stereocenters. The molecule has 0 saturated heterocycles. The van der Waals surface area contributed by atoms with E-state index in [2.05, 4.69) is 8.92 Å². The van der Waals surface area contributed by atoms with Crippen LogP contribution in [0.15, 0.2) is 0 Å². The van der Waals surface area contributed by atoms with Crippen LogP contribution in [0.1, 0.15) is 0 Å². The average Bonchev–Trinajstić information content (AvgIpc) is 1.50. The van der Waals surface area contributed by atoms with E-state index >= 15 is 0 Å². The predicted octanol–water partition coefficient (Wildman–Crippen LogP) is 0.474. The predicted molar refractivity (Wildman–Crippen MR) is 23.7 cm³/mol. The second kappa shape index (κ2) is 30.1. The molecule has 0 aromatic rings. The molecule has 0 rings (SSSR count). The monoisotopic (exact) mass is 196 g/mol. The van der Waals surface area contributed by atoms with E-state index in [0.29, 0.717) is 0 Å². The van der Waals surface area contributed by atoms with E-state index in [-0.39, 0.29) is 0 Å². The average molecular weight is 196 g/mol. The number of hydrogen-bond donors (Lipinski definition) is 0. The molecule has 0 aliphatic carbocycles. The molecule has 0 N–H and O–H groups in total. The van der Waals surface area contributed by atoms with Gasteiger partial charge in [0.2, 0.25) is 0 Å². The van der Waals surface area contributed by atoms with Gasteiger partial charge in [-0.1, -0.05) is 0 Å². The summed E-state index contributed by atoms with van der Waals surface area (Å²) in [6, 6.07) is 0. The Morgan fingerprint density at radius 1 is 1.50 bits per heavy atom. The molecule has 0 spiro atoms. The number of rotatable bonds is 0. The molecule has 22 valence electrons. The Labute approximate surface area is 44.9 Å². The first-order chi connectivity index (χ1) is 2.00. The van der Waals surface area contributed by atoms with Crippen LogP contribution in [-0.4, -0.2) is 22.4 Å². The van der Waals surface area contributed by atoms with Gasteiger partial charge in [-0.3, -0.25) is 4.57 Å². The SMILES string of the molecule is O=P.[S]=[InH]. The molecule has 0 saturated carbocycles. The summed E-state index contributed by atoms with van der Waals surface area (Å²) in [5, 5.41) is 0. The van der Waals surface area contributed by atoms with Crippen LogP contribution in [0.3, 0.4) is 0 Å². The molecule has 4 heteroatoms. The van der Waals surface area contributed by atoms with Gasteiger partial charge in [0, 0.05) is 0 Å². The third kappa shape index (κ3) is 10.8. The van der Waals surface area contributed by atoms with Gasteiger partial charge in [-0.15, -0.1) is 0 Å². The van der Waals surface area contributed by atoms with E-state index in [1.54, 1.807) is 9.12 Å². The van der Waals surface area contributed by atoms with Gasteiger partial charge < -0.3 is 0 Å². The standard InChI is InChI=1S/In.HOP.S.H/c;1-2;;/h;2H;;. The summed E-state index contributed by atoms with van der Waals surface area (Å²) >= 11 is 0.733. The topological polar surface area (TPSA) is 17.1 Å². The molecule has 0 heterocycles. The summed E-state index contributed by atoms with van der Waals surface area (Å²) in [4.78, 5) is 0. The number of hydrogen-bond acceptors (Lipinski definition) is 2. The quantitative estimate of drug-likeness (QED) is 0.524. The van der Waals surface area contributed by atoms with E-state index in [1.807, 2.05) is 0 Å². The molecular weight excluding hydrogens is 194 g/mol. The van der Waals surface area contributed by atoms with Crippen molar-refractivity contribution in [3.05, 3.63) is 0 Å². The summed E-state index contributed by atoms with van der Waals surface area (Å²) in [6.07, 6.45) is 0. The molecule has 4 heavy (non-hydrogen) atoms. The zero-order valence-electron chi connectivity index (χ0n) is 2.02. The molecule has 0 atom stereocenters. The van der Waals surface area contributed by atoms with Gasteiger partial charge in [-0.2, -0.15) is 0 Å². The second-order valence-electron chi connectivity index (χ2n) is 0. The van der Waals surface area contributed by atoms with Crippen LogP contribution in [-0.2, 0) is 4.57 Å². The fourth-order valence-electron chi connectivity index (χ4n) is 0. The first-order valence-electron chi connectivity index (χ1n) is 0.493. The van der Waals surface area contributed by atoms with Crippen molar-refractivity contribution in [1.29, 1.82) is 0 Å². The van der Waals surface area contributed by atoms with Gasteiger partial charge >= 0.3 is 31.3 Å². The summed E-state index contributed by atoms with van der Waals surface area (Å²) in [5.41, 5.74) is 0. The Kier molecular flexibility index (Phi) is 67.4. The van der Waals surface area contributed by atoms with Crippen molar-refractivity contribution in [2.45, 2.75) is 0 Å². The van der Waals surface area contributed by atoms with E-state index in [4.69, 9.17) is 4.57 Å². The van der Waals surface area contributed by atoms with Gasteiger partial charge in [-0.25, -0.2) is 0 Å². The fourth-order valence-corrected chi connectivity index (χ4v) is 0. The van der Waals surface area contributed by atoms with Crippen LogP contribution >= 0.6 is 18.0 Å². The molecule has 0 fully saturated rings. The molecule has 0 aliphatic rings. The van der Waals surface area contributed by atoms with E-state index < -0.39 is 0 Å². The normalized spacial score (nSPS) is 1.75. The van der Waals surface area contributed by atoms with Gasteiger partial charge in [-0.05, 0) is 0 Å². The summed E-state index contributed by atoms with van der Waals surface area (Å²) in [5.74, 6) is 0. The molecule has 0 aliphatic heterocycles. The van der Waals surface area contributed by atoms with Crippen molar-refractivity contribution in [2.24, 2.45) is 0 Å². The molecule has 0 radical (unpaired) electrons. The zero-order chi connectivity index (χ0) is 4.00. The summed E-state index contributed by atoms with van der Waals surface area (Å²) < 4.78 is 8.06. The molecular formula is H2InOPS. The van der Waals surface area contributed by atoms with Gasteiger partial charge in [0.15, 0.2) is 0 Å². The summed E-state index contributed by atoms with van der Waals surface area (Å²) in [7, 11) is 5.98. The van der Waals surface area contributed by atoms with Crippen LogP contribution in [0, 0.1) is 0 Å². The van der Waals surface area contributed by atoms with Gasteiger partial charge in [0.1, 0.15) is 9.12 Å². The second-order valence-corrected chi connectivity index (χ2v) is 0. The minimum absolute atomic E-state index is 0.733. The third-order valence-electron chi connectivity index (χ3n) is 0. The van der Waals surface area contributed by atoms with Gasteiger partial charge in [0.05, 0.1) is 0 Å². The zero-order valence-corrected chi connectivity index (χ0v) is 7.88. The molecule has 0 aromatic heterocycles. The van der Waals surface area contributed by atoms with E-state index in [1.165, 1.54) is 0 Å². The Morgan fingerprint density at radius 3 is 1.50 bits per heavy atom. The first kappa shape index (κ1) is 8.95. The molecule has 0 amide bonds. The Balaban J connectivity index is 0. The minimum atomic E-state index is 0.733. The molecule has 1 nitrogen and oxygen atoms in total. The van der Waals surface area contributed by atoms with Crippen molar-refractivity contribution < 1.29 is 4.57 Å². The van der Waals surface area contributed by atoms with Crippen LogP contribution in [0.25, 0.3) is 0 Å². The molecule has 0 aromatic carbocycles. The molecule has 0 bridgehead atoms. The van der Waals surface area contributed by atoms with Crippen LogP contribution in [0.5, 0.6) is 0 Å². The maximum absolute atomic E-state index is 8.06. The van der Waals surface area contributed by atoms with Crippen molar-refractivity contribution in [2.75, 3.05) is 0 Å². The van der Waals surface area contributed by atoms with Crippen molar-refractivity contribution in [1.82, 2.24) is 0 Å². The Morgan fingerprint density at radius 2 is 1.50 bits per heavy atom. The Hall–Kier alpha value is 1.19. The van der Waals surface area contributed by atoms with Crippen molar-refractivity contribution in [3.63, 3.8) is 0 Å². The third-order valence-corrected chi connectivity index (χ3v) is 0. The fraction of sp³-hybridized carbons (Fsp3) is 0. The summed E-state index contributed by atoms with van der Waals surface area (Å²) in [6.45, 7) is 0. The van der Waals surface area contributed by atoms with E-state index in [0.717, 1.165) is 22.4 Å². The van der Waals surface area contributed by atoms with Crippen LogP contribution < -0.4 is 0 Å². The van der Waals surface area contributed by atoms with Crippen molar-refractivity contribution >= 4 is 40.4 Å². The first-order valence-corrected chi connectivity index (χ1v) is 6.42. The van der Waals surface area contributed by atoms with Crippen LogP contribution in [0.4, 0.5) is 0 Å². The Bertz CT molecular complexity index is 10.0. The van der Waals surface area contributed by atoms with E-state index in [9.17, 15) is 0 Å². The van der Waals surface area contributed by atoms with Crippen molar-refractivity contribution in [3.8, 4) is 0 Å². The maximum atomic E-state index is 8.06. The van der Waals surface area contributed by atoms with Gasteiger partial charge in [0.25, 0.3) is 0 Å². The van der Waals surface area contributed by atoms with Crippen LogP contribution in [0.2, 0.25) is 0 Å².